The molecule has 3 aromatic rings. The van der Waals surface area contributed by atoms with Crippen LogP contribution in [0.1, 0.15) is 20.7 Å². The van der Waals surface area contributed by atoms with Crippen LogP contribution >= 0.6 is 0 Å². The van der Waals surface area contributed by atoms with E-state index in [2.05, 4.69) is 10.0 Å². The van der Waals surface area contributed by atoms with Gasteiger partial charge in [0.25, 0.3) is 27.5 Å². The number of nitrogens with zero attached hydrogens (tertiary/aromatic N) is 2. The van der Waals surface area contributed by atoms with Crippen molar-refractivity contribution >= 4 is 38.9 Å². The van der Waals surface area contributed by atoms with Gasteiger partial charge in [-0.05, 0) is 48.5 Å². The first-order valence-electron chi connectivity index (χ1n) is 10.9. The first-order valence-corrected chi connectivity index (χ1v) is 12.4. The van der Waals surface area contributed by atoms with Crippen molar-refractivity contribution in [3.05, 3.63) is 94.0 Å². The molecular weight excluding hydrogens is 488 g/mol. The van der Waals surface area contributed by atoms with Crippen molar-refractivity contribution in [2.24, 2.45) is 0 Å². The second-order valence-electron chi connectivity index (χ2n) is 7.84. The molecule has 2 N–H and O–H groups in total. The molecule has 1 saturated heterocycles. The molecule has 0 radical (unpaired) electrons. The number of sulfonamides is 1. The van der Waals surface area contributed by atoms with Gasteiger partial charge in [0.15, 0.2) is 0 Å². The maximum Gasteiger partial charge on any atom is 0.292 e. The topological polar surface area (TPSA) is 148 Å². The molecule has 0 unspecified atom stereocenters. The fraction of sp³-hybridized carbons (Fsp3) is 0.167. The number of nitrogens with one attached hydrogen (secondary N) is 2. The van der Waals surface area contributed by atoms with Gasteiger partial charge in [0.2, 0.25) is 0 Å². The molecule has 12 heteroatoms. The second kappa shape index (κ2) is 10.5. The molecule has 1 fully saturated rings. The van der Waals surface area contributed by atoms with Gasteiger partial charge in [0.05, 0.1) is 23.0 Å². The lowest BCUT2D eigenvalue weighted by Crippen LogP contribution is -2.40. The van der Waals surface area contributed by atoms with E-state index in [4.69, 9.17) is 4.74 Å². The van der Waals surface area contributed by atoms with Crippen LogP contribution in [0.4, 0.5) is 17.1 Å². The Morgan fingerprint density at radius 3 is 2.31 bits per heavy atom. The molecule has 11 nitrogen and oxygen atoms in total. The van der Waals surface area contributed by atoms with E-state index in [0.717, 1.165) is 0 Å². The van der Waals surface area contributed by atoms with Crippen molar-refractivity contribution in [2.45, 2.75) is 4.90 Å². The van der Waals surface area contributed by atoms with Crippen molar-refractivity contribution in [1.82, 2.24) is 4.90 Å². The normalized spacial score (nSPS) is 13.6. The highest BCUT2D eigenvalue weighted by Crippen LogP contribution is 2.24. The highest BCUT2D eigenvalue weighted by atomic mass is 32.2. The summed E-state index contributed by atoms with van der Waals surface area (Å²) in [6.07, 6.45) is 0. The van der Waals surface area contributed by atoms with E-state index < -0.39 is 20.9 Å². The molecule has 1 aliphatic rings. The molecule has 0 bridgehead atoms. The molecule has 0 aromatic heterocycles. The molecule has 36 heavy (non-hydrogen) atoms. The monoisotopic (exact) mass is 510 g/mol. The smallest absolute Gasteiger partial charge is 0.292 e. The minimum absolute atomic E-state index is 0.00230. The van der Waals surface area contributed by atoms with E-state index in [1.807, 2.05) is 0 Å². The molecule has 1 heterocycles. The molecule has 0 saturated carbocycles. The zero-order chi connectivity index (χ0) is 25.7. The van der Waals surface area contributed by atoms with Gasteiger partial charge >= 0.3 is 0 Å². The number of carbonyl (C=O) groups is 2. The average molecular weight is 511 g/mol. The lowest BCUT2D eigenvalue weighted by Gasteiger charge is -2.26. The number of para-hydroxylation sites is 2. The maximum atomic E-state index is 12.9. The van der Waals surface area contributed by atoms with E-state index in [-0.39, 0.29) is 33.4 Å². The molecule has 3 aromatic carbocycles. The van der Waals surface area contributed by atoms with E-state index in [9.17, 15) is 28.1 Å². The Hall–Kier alpha value is -4.29. The molecule has 1 aliphatic heterocycles. The van der Waals surface area contributed by atoms with Crippen molar-refractivity contribution in [2.75, 3.05) is 36.3 Å². The SMILES string of the molecule is O=C(Nc1ccccc1[N+](=O)[O-])c1cccc(S(=O)(=O)Nc2ccc(C(=O)N3CCOCC3)cc2)c1. The van der Waals surface area contributed by atoms with Gasteiger partial charge in [0, 0.05) is 36.0 Å². The molecule has 2 amide bonds. The van der Waals surface area contributed by atoms with Gasteiger partial charge in [0.1, 0.15) is 5.69 Å². The number of nitro benzene ring substituents is 1. The third-order valence-corrected chi connectivity index (χ3v) is 6.82. The van der Waals surface area contributed by atoms with Crippen LogP contribution in [0.3, 0.4) is 0 Å². The third kappa shape index (κ3) is 5.67. The minimum Gasteiger partial charge on any atom is -0.378 e. The summed E-state index contributed by atoms with van der Waals surface area (Å²) < 4.78 is 33.5. The molecule has 0 atom stereocenters. The van der Waals surface area contributed by atoms with Gasteiger partial charge in [-0.15, -0.1) is 0 Å². The van der Waals surface area contributed by atoms with E-state index in [1.165, 1.54) is 72.8 Å². The quantitative estimate of drug-likeness (QED) is 0.366. The zero-order valence-corrected chi connectivity index (χ0v) is 19.7. The molecule has 4 rings (SSSR count). The summed E-state index contributed by atoms with van der Waals surface area (Å²) in [5.41, 5.74) is 0.372. The first-order chi connectivity index (χ1) is 17.2. The minimum atomic E-state index is -4.07. The van der Waals surface area contributed by atoms with Crippen LogP contribution in [0.25, 0.3) is 0 Å². The van der Waals surface area contributed by atoms with Crippen molar-refractivity contribution in [3.63, 3.8) is 0 Å². The number of nitro groups is 1. The fourth-order valence-corrected chi connectivity index (χ4v) is 4.69. The van der Waals surface area contributed by atoms with Gasteiger partial charge in [-0.3, -0.25) is 24.4 Å². The summed E-state index contributed by atoms with van der Waals surface area (Å²) in [5.74, 6) is -0.864. The van der Waals surface area contributed by atoms with Crippen LogP contribution in [-0.4, -0.2) is 56.4 Å². The van der Waals surface area contributed by atoms with Gasteiger partial charge < -0.3 is 15.0 Å². The Morgan fingerprint density at radius 2 is 1.61 bits per heavy atom. The molecule has 0 aliphatic carbocycles. The Balaban J connectivity index is 1.47. The molecule has 0 spiro atoms. The van der Waals surface area contributed by atoms with Crippen molar-refractivity contribution in [1.29, 1.82) is 0 Å². The fourth-order valence-electron chi connectivity index (χ4n) is 3.58. The van der Waals surface area contributed by atoms with Gasteiger partial charge in [-0.2, -0.15) is 0 Å². The van der Waals surface area contributed by atoms with Crippen LogP contribution in [0, 0.1) is 10.1 Å². The zero-order valence-electron chi connectivity index (χ0n) is 18.9. The van der Waals surface area contributed by atoms with Crippen LogP contribution in [0.15, 0.2) is 77.7 Å². The summed E-state index contributed by atoms with van der Waals surface area (Å²) in [6, 6.07) is 17.0. The second-order valence-corrected chi connectivity index (χ2v) is 9.53. The number of rotatable bonds is 7. The first kappa shape index (κ1) is 24.8. The van der Waals surface area contributed by atoms with Crippen LogP contribution in [-0.2, 0) is 14.8 Å². The summed E-state index contributed by atoms with van der Waals surface area (Å²) in [7, 11) is -4.07. The predicted molar refractivity (Wildman–Crippen MR) is 131 cm³/mol. The largest absolute Gasteiger partial charge is 0.378 e. The Labute approximate surface area is 206 Å². The van der Waals surface area contributed by atoms with E-state index >= 15 is 0 Å². The van der Waals surface area contributed by atoms with E-state index in [0.29, 0.717) is 31.9 Å². The Morgan fingerprint density at radius 1 is 0.917 bits per heavy atom. The lowest BCUT2D eigenvalue weighted by molar-refractivity contribution is -0.383. The number of ether oxygens (including phenoxy) is 1. The number of anilines is 2. The van der Waals surface area contributed by atoms with E-state index in [1.54, 1.807) is 4.90 Å². The summed E-state index contributed by atoms with van der Waals surface area (Å²) in [5, 5.41) is 13.6. The molecular formula is C24H22N4O7S. The summed E-state index contributed by atoms with van der Waals surface area (Å²) in [4.78, 5) is 37.3. The van der Waals surface area contributed by atoms with Crippen LogP contribution in [0.5, 0.6) is 0 Å². The van der Waals surface area contributed by atoms with Crippen molar-refractivity contribution < 1.29 is 27.7 Å². The highest BCUT2D eigenvalue weighted by molar-refractivity contribution is 7.92. The number of morpholine rings is 1. The number of benzene rings is 3. The Bertz CT molecular complexity index is 1400. The van der Waals surface area contributed by atoms with Crippen LogP contribution < -0.4 is 10.0 Å². The number of amides is 2. The van der Waals surface area contributed by atoms with Gasteiger partial charge in [-0.25, -0.2) is 8.42 Å². The number of hydrogen-bond acceptors (Lipinski definition) is 7. The van der Waals surface area contributed by atoms with Crippen LogP contribution in [0.2, 0.25) is 0 Å². The predicted octanol–water partition coefficient (Wildman–Crippen LogP) is 3.12. The Kier molecular flexibility index (Phi) is 7.27. The van der Waals surface area contributed by atoms with Gasteiger partial charge in [-0.1, -0.05) is 18.2 Å². The highest BCUT2D eigenvalue weighted by Gasteiger charge is 2.21. The lowest BCUT2D eigenvalue weighted by atomic mass is 10.2. The number of carbonyl (C=O) groups excluding carboxylic acids is 2. The summed E-state index contributed by atoms with van der Waals surface area (Å²) in [6.45, 7) is 1.94. The standard InChI is InChI=1S/C24H22N4O7S/c29-23(25-21-6-1-2-7-22(21)28(31)32)18-4-3-5-20(16-18)36(33,34)26-19-10-8-17(9-11-19)24(30)27-12-14-35-15-13-27/h1-11,16,26H,12-15H2,(H,25,29). The van der Waals surface area contributed by atoms with Crippen molar-refractivity contribution in [3.8, 4) is 0 Å². The third-order valence-electron chi connectivity index (χ3n) is 5.44. The summed E-state index contributed by atoms with van der Waals surface area (Å²) >= 11 is 0. The average Bonchev–Trinajstić information content (AvgIpc) is 2.89. The molecule has 186 valence electrons. The maximum absolute atomic E-state index is 12.9. The number of hydrogen-bond donors (Lipinski definition) is 2.